The van der Waals surface area contributed by atoms with E-state index in [0.29, 0.717) is 11.8 Å². The smallest absolute Gasteiger partial charge is 0.221 e. The number of nitrogens with zero attached hydrogens (tertiary/aromatic N) is 2. The Bertz CT molecular complexity index is 403. The quantitative estimate of drug-likeness (QED) is 0.886. The Labute approximate surface area is 108 Å². The van der Waals surface area contributed by atoms with E-state index in [1.807, 2.05) is 13.8 Å². The van der Waals surface area contributed by atoms with Crippen molar-refractivity contribution in [2.45, 2.75) is 26.7 Å². The van der Waals surface area contributed by atoms with Gasteiger partial charge in [-0.1, -0.05) is 0 Å². The van der Waals surface area contributed by atoms with Crippen molar-refractivity contribution in [2.75, 3.05) is 32.2 Å². The van der Waals surface area contributed by atoms with Crippen LogP contribution in [0.5, 0.6) is 5.88 Å². The molecule has 2 heterocycles. The lowest BCUT2D eigenvalue weighted by Gasteiger charge is -2.23. The normalized spacial score (nSPS) is 19.6. The Morgan fingerprint density at radius 3 is 2.89 bits per heavy atom. The van der Waals surface area contributed by atoms with E-state index < -0.39 is 0 Å². The van der Waals surface area contributed by atoms with Crippen molar-refractivity contribution < 1.29 is 9.47 Å². The summed E-state index contributed by atoms with van der Waals surface area (Å²) in [4.78, 5) is 8.67. The number of aryl methyl sites for hydroxylation is 1. The second kappa shape index (κ2) is 6.00. The molecule has 0 radical (unpaired) electrons. The first-order valence-electron chi connectivity index (χ1n) is 6.41. The second-order valence-corrected chi connectivity index (χ2v) is 4.72. The van der Waals surface area contributed by atoms with Gasteiger partial charge in [-0.2, -0.15) is 4.98 Å². The summed E-state index contributed by atoms with van der Waals surface area (Å²) in [6.07, 6.45) is 2.37. The summed E-state index contributed by atoms with van der Waals surface area (Å²) in [6, 6.07) is 0. The van der Waals surface area contributed by atoms with Crippen LogP contribution in [0.4, 0.5) is 5.82 Å². The van der Waals surface area contributed by atoms with Crippen molar-refractivity contribution in [3.63, 3.8) is 0 Å². The maximum absolute atomic E-state index is 5.47. The molecule has 1 aromatic rings. The van der Waals surface area contributed by atoms with Crippen molar-refractivity contribution in [3.05, 3.63) is 11.4 Å². The Hall–Kier alpha value is -1.36. The van der Waals surface area contributed by atoms with Gasteiger partial charge in [-0.3, -0.25) is 0 Å². The first kappa shape index (κ1) is 13.1. The third kappa shape index (κ3) is 3.10. The number of methoxy groups -OCH3 is 1. The predicted octanol–water partition coefficient (Wildman–Crippen LogP) is 1.94. The van der Waals surface area contributed by atoms with Crippen LogP contribution in [-0.4, -0.2) is 36.8 Å². The van der Waals surface area contributed by atoms with Gasteiger partial charge >= 0.3 is 0 Å². The number of anilines is 1. The van der Waals surface area contributed by atoms with Gasteiger partial charge in [0, 0.05) is 13.2 Å². The van der Waals surface area contributed by atoms with Gasteiger partial charge in [-0.15, -0.1) is 0 Å². The van der Waals surface area contributed by atoms with Crippen molar-refractivity contribution in [2.24, 2.45) is 5.92 Å². The molecule has 0 bridgehead atoms. The van der Waals surface area contributed by atoms with Gasteiger partial charge in [-0.25, -0.2) is 4.98 Å². The lowest BCUT2D eigenvalue weighted by atomic mass is 10.0. The lowest BCUT2D eigenvalue weighted by Crippen LogP contribution is -2.25. The molecule has 1 saturated heterocycles. The minimum atomic E-state index is 0.569. The molecule has 5 heteroatoms. The highest BCUT2D eigenvalue weighted by atomic mass is 16.5. The fourth-order valence-corrected chi connectivity index (χ4v) is 2.18. The summed E-state index contributed by atoms with van der Waals surface area (Å²) >= 11 is 0. The van der Waals surface area contributed by atoms with Crippen molar-refractivity contribution in [3.8, 4) is 5.88 Å². The van der Waals surface area contributed by atoms with E-state index in [9.17, 15) is 0 Å². The topological polar surface area (TPSA) is 56.3 Å². The monoisotopic (exact) mass is 251 g/mol. The van der Waals surface area contributed by atoms with E-state index in [-0.39, 0.29) is 0 Å². The molecule has 1 atom stereocenters. The first-order chi connectivity index (χ1) is 8.70. The van der Waals surface area contributed by atoms with Crippen LogP contribution in [0.2, 0.25) is 0 Å². The highest BCUT2D eigenvalue weighted by molar-refractivity contribution is 5.48. The Kier molecular flexibility index (Phi) is 4.36. The predicted molar refractivity (Wildman–Crippen MR) is 70.1 cm³/mol. The zero-order valence-corrected chi connectivity index (χ0v) is 11.3. The molecule has 2 rings (SSSR count). The third-order valence-corrected chi connectivity index (χ3v) is 3.22. The van der Waals surface area contributed by atoms with Gasteiger partial charge in [0.25, 0.3) is 0 Å². The van der Waals surface area contributed by atoms with Gasteiger partial charge in [0.2, 0.25) is 5.88 Å². The number of aromatic nitrogens is 2. The molecule has 1 aromatic heterocycles. The molecule has 0 saturated carbocycles. The zero-order chi connectivity index (χ0) is 13.0. The van der Waals surface area contributed by atoms with Crippen LogP contribution in [0.3, 0.4) is 0 Å². The Balaban J connectivity index is 2.01. The van der Waals surface area contributed by atoms with Gasteiger partial charge in [-0.05, 0) is 32.6 Å². The average molecular weight is 251 g/mol. The molecule has 1 aliphatic heterocycles. The molecule has 100 valence electrons. The molecule has 0 aliphatic carbocycles. The minimum Gasteiger partial charge on any atom is -0.481 e. The molecule has 0 spiro atoms. The van der Waals surface area contributed by atoms with Gasteiger partial charge in [0.05, 0.1) is 19.3 Å². The summed E-state index contributed by atoms with van der Waals surface area (Å²) in [5.41, 5.74) is 0.958. The van der Waals surface area contributed by atoms with E-state index in [1.165, 1.54) is 6.42 Å². The van der Waals surface area contributed by atoms with E-state index in [2.05, 4.69) is 15.3 Å². The van der Waals surface area contributed by atoms with Crippen molar-refractivity contribution >= 4 is 5.82 Å². The van der Waals surface area contributed by atoms with Crippen LogP contribution >= 0.6 is 0 Å². The molecule has 18 heavy (non-hydrogen) atoms. The van der Waals surface area contributed by atoms with Crippen LogP contribution in [0.1, 0.15) is 24.2 Å². The van der Waals surface area contributed by atoms with Crippen LogP contribution in [0, 0.1) is 19.8 Å². The van der Waals surface area contributed by atoms with Crippen LogP contribution in [0.25, 0.3) is 0 Å². The zero-order valence-electron chi connectivity index (χ0n) is 11.3. The van der Waals surface area contributed by atoms with Crippen LogP contribution in [0.15, 0.2) is 0 Å². The largest absolute Gasteiger partial charge is 0.481 e. The summed E-state index contributed by atoms with van der Waals surface area (Å²) in [5, 5.41) is 3.39. The SMILES string of the molecule is COc1nc(C)nc(NCC2CCCOC2)c1C. The average Bonchev–Trinajstić information content (AvgIpc) is 2.40. The highest BCUT2D eigenvalue weighted by Gasteiger charge is 2.15. The van der Waals surface area contributed by atoms with Gasteiger partial charge < -0.3 is 14.8 Å². The first-order valence-corrected chi connectivity index (χ1v) is 6.41. The Morgan fingerprint density at radius 1 is 1.39 bits per heavy atom. The van der Waals surface area contributed by atoms with E-state index in [1.54, 1.807) is 7.11 Å². The van der Waals surface area contributed by atoms with Crippen LogP contribution < -0.4 is 10.1 Å². The molecular weight excluding hydrogens is 230 g/mol. The number of hydrogen-bond donors (Lipinski definition) is 1. The van der Waals surface area contributed by atoms with Crippen molar-refractivity contribution in [1.29, 1.82) is 0 Å². The molecule has 5 nitrogen and oxygen atoms in total. The summed E-state index contributed by atoms with van der Waals surface area (Å²) in [5.74, 6) is 2.80. The standard InChI is InChI=1S/C13H21N3O2/c1-9-12(15-10(2)16-13(9)17-3)14-7-11-5-4-6-18-8-11/h11H,4-8H2,1-3H3,(H,14,15,16). The van der Waals surface area contributed by atoms with E-state index >= 15 is 0 Å². The molecule has 0 amide bonds. The summed E-state index contributed by atoms with van der Waals surface area (Å²) in [6.45, 7) is 6.47. The molecule has 1 unspecified atom stereocenters. The fourth-order valence-electron chi connectivity index (χ4n) is 2.18. The van der Waals surface area contributed by atoms with Crippen LogP contribution in [-0.2, 0) is 4.74 Å². The minimum absolute atomic E-state index is 0.569. The number of nitrogens with one attached hydrogen (secondary N) is 1. The molecular formula is C13H21N3O2. The Morgan fingerprint density at radius 2 is 2.22 bits per heavy atom. The fraction of sp³-hybridized carbons (Fsp3) is 0.692. The van der Waals surface area contributed by atoms with Crippen molar-refractivity contribution in [1.82, 2.24) is 9.97 Å². The molecule has 1 fully saturated rings. The number of hydrogen-bond acceptors (Lipinski definition) is 5. The molecule has 1 N–H and O–H groups in total. The number of rotatable bonds is 4. The molecule has 0 aromatic carbocycles. The molecule has 1 aliphatic rings. The van der Waals surface area contributed by atoms with Gasteiger partial charge in [0.1, 0.15) is 11.6 Å². The second-order valence-electron chi connectivity index (χ2n) is 4.72. The maximum Gasteiger partial charge on any atom is 0.221 e. The van der Waals surface area contributed by atoms with Gasteiger partial charge in [0.15, 0.2) is 0 Å². The summed E-state index contributed by atoms with van der Waals surface area (Å²) < 4.78 is 10.7. The van der Waals surface area contributed by atoms with E-state index in [0.717, 1.165) is 43.4 Å². The number of ether oxygens (including phenoxy) is 2. The maximum atomic E-state index is 5.47. The summed E-state index contributed by atoms with van der Waals surface area (Å²) in [7, 11) is 1.63. The lowest BCUT2D eigenvalue weighted by molar-refractivity contribution is 0.0594. The highest BCUT2D eigenvalue weighted by Crippen LogP contribution is 2.22. The van der Waals surface area contributed by atoms with E-state index in [4.69, 9.17) is 9.47 Å². The third-order valence-electron chi connectivity index (χ3n) is 3.22.